The van der Waals surface area contributed by atoms with Crippen LogP contribution in [0.2, 0.25) is 0 Å². The number of thioether (sulfide) groups is 1. The van der Waals surface area contributed by atoms with Gasteiger partial charge in [0.05, 0.1) is 5.41 Å². The van der Waals surface area contributed by atoms with Crippen LogP contribution < -0.4 is 5.32 Å². The number of hydrogen-bond donors (Lipinski definition) is 2. The third-order valence-electron chi connectivity index (χ3n) is 4.56. The van der Waals surface area contributed by atoms with Crippen molar-refractivity contribution in [1.29, 1.82) is 0 Å². The fourth-order valence-electron chi connectivity index (χ4n) is 3.27. The third kappa shape index (κ3) is 4.14. The molecule has 1 heterocycles. The molecule has 0 bridgehead atoms. The Balaban J connectivity index is 1.86. The van der Waals surface area contributed by atoms with Gasteiger partial charge in [0.1, 0.15) is 0 Å². The molecule has 1 atom stereocenters. The predicted molar refractivity (Wildman–Crippen MR) is 80.9 cm³/mol. The lowest BCUT2D eigenvalue weighted by Gasteiger charge is -2.27. The number of carbonyl (C=O) groups excluding carboxylic acids is 1. The molecular weight excluding hydrogens is 274 g/mol. The second-order valence-corrected chi connectivity index (χ2v) is 7.52. The number of aliphatic carboxylic acids is 1. The molecular formula is C15H25NO3S. The summed E-state index contributed by atoms with van der Waals surface area (Å²) in [4.78, 5) is 23.7. The Hall–Kier alpha value is -0.710. The molecule has 1 unspecified atom stereocenters. The molecule has 2 N–H and O–H groups in total. The van der Waals surface area contributed by atoms with E-state index in [1.165, 1.54) is 12.2 Å². The third-order valence-corrected chi connectivity index (χ3v) is 5.96. The monoisotopic (exact) mass is 299 g/mol. The molecule has 0 aromatic carbocycles. The fraction of sp³-hybridized carbons (Fsp3) is 0.867. The van der Waals surface area contributed by atoms with E-state index < -0.39 is 11.4 Å². The average molecular weight is 299 g/mol. The van der Waals surface area contributed by atoms with Gasteiger partial charge in [-0.15, -0.1) is 0 Å². The molecule has 114 valence electrons. The van der Waals surface area contributed by atoms with Gasteiger partial charge in [-0.05, 0) is 31.4 Å². The van der Waals surface area contributed by atoms with Crippen LogP contribution in [0.3, 0.4) is 0 Å². The van der Waals surface area contributed by atoms with Crippen molar-refractivity contribution in [2.24, 2.45) is 5.41 Å². The summed E-state index contributed by atoms with van der Waals surface area (Å²) in [5.74, 6) is 0.311. The van der Waals surface area contributed by atoms with Crippen LogP contribution in [0.4, 0.5) is 0 Å². The molecule has 2 aliphatic rings. The molecule has 0 radical (unpaired) electrons. The van der Waals surface area contributed by atoms with Gasteiger partial charge in [-0.1, -0.05) is 25.7 Å². The summed E-state index contributed by atoms with van der Waals surface area (Å²) in [7, 11) is 0. The smallest absolute Gasteiger partial charge is 0.310 e. The topological polar surface area (TPSA) is 66.4 Å². The Kier molecular flexibility index (Phi) is 5.75. The molecule has 5 heteroatoms. The van der Waals surface area contributed by atoms with Gasteiger partial charge in [0, 0.05) is 18.2 Å². The van der Waals surface area contributed by atoms with Crippen molar-refractivity contribution in [3.05, 3.63) is 0 Å². The van der Waals surface area contributed by atoms with Crippen LogP contribution in [0.5, 0.6) is 0 Å². The first-order chi connectivity index (χ1) is 9.62. The molecule has 0 aromatic heterocycles. The highest BCUT2D eigenvalue weighted by molar-refractivity contribution is 8.00. The first-order valence-corrected chi connectivity index (χ1v) is 8.79. The van der Waals surface area contributed by atoms with Crippen LogP contribution in [0, 0.1) is 5.41 Å². The molecule has 2 fully saturated rings. The van der Waals surface area contributed by atoms with Crippen molar-refractivity contribution in [2.45, 2.75) is 63.0 Å². The quantitative estimate of drug-likeness (QED) is 0.766. The number of nitrogens with one attached hydrogen (secondary N) is 1. The Morgan fingerprint density at radius 3 is 2.40 bits per heavy atom. The SMILES string of the molecule is O=C(CC1(C(=O)O)CCCCCC1)NCC1CCCS1. The van der Waals surface area contributed by atoms with E-state index in [1.807, 2.05) is 11.8 Å². The van der Waals surface area contributed by atoms with Crippen LogP contribution in [-0.2, 0) is 9.59 Å². The minimum Gasteiger partial charge on any atom is -0.481 e. The lowest BCUT2D eigenvalue weighted by atomic mass is 9.77. The Bertz CT molecular complexity index is 345. The van der Waals surface area contributed by atoms with Gasteiger partial charge in [0.2, 0.25) is 5.91 Å². The van der Waals surface area contributed by atoms with E-state index in [4.69, 9.17) is 0 Å². The molecule has 0 spiro atoms. The summed E-state index contributed by atoms with van der Waals surface area (Å²) >= 11 is 1.91. The second kappa shape index (κ2) is 7.34. The van der Waals surface area contributed by atoms with E-state index in [1.54, 1.807) is 0 Å². The van der Waals surface area contributed by atoms with Crippen LogP contribution in [0.1, 0.15) is 57.8 Å². The van der Waals surface area contributed by atoms with Crippen molar-refractivity contribution in [1.82, 2.24) is 5.32 Å². The zero-order valence-corrected chi connectivity index (χ0v) is 12.8. The van der Waals surface area contributed by atoms with Crippen molar-refractivity contribution in [3.8, 4) is 0 Å². The van der Waals surface area contributed by atoms with Crippen molar-refractivity contribution in [3.63, 3.8) is 0 Å². The Morgan fingerprint density at radius 1 is 1.15 bits per heavy atom. The summed E-state index contributed by atoms with van der Waals surface area (Å²) in [6.07, 6.45) is 7.88. The first-order valence-electron chi connectivity index (χ1n) is 7.74. The molecule has 0 aromatic rings. The average Bonchev–Trinajstić information content (AvgIpc) is 2.82. The predicted octanol–water partition coefficient (Wildman–Crippen LogP) is 2.81. The number of carboxylic acids is 1. The van der Waals surface area contributed by atoms with Gasteiger partial charge < -0.3 is 10.4 Å². The molecule has 1 amide bonds. The van der Waals surface area contributed by atoms with E-state index in [0.717, 1.165) is 32.1 Å². The molecule has 4 nitrogen and oxygen atoms in total. The summed E-state index contributed by atoms with van der Waals surface area (Å²) in [5, 5.41) is 13.0. The van der Waals surface area contributed by atoms with Gasteiger partial charge in [-0.2, -0.15) is 11.8 Å². The Morgan fingerprint density at radius 2 is 1.85 bits per heavy atom. The van der Waals surface area contributed by atoms with Gasteiger partial charge in [0.25, 0.3) is 0 Å². The lowest BCUT2D eigenvalue weighted by Crippen LogP contribution is -2.39. The minimum absolute atomic E-state index is 0.0817. The van der Waals surface area contributed by atoms with Gasteiger partial charge in [-0.3, -0.25) is 9.59 Å². The van der Waals surface area contributed by atoms with Crippen molar-refractivity contribution < 1.29 is 14.7 Å². The summed E-state index contributed by atoms with van der Waals surface area (Å²) < 4.78 is 0. The Labute approximate surface area is 125 Å². The number of carboxylic acid groups (broad SMARTS) is 1. The first kappa shape index (κ1) is 15.7. The maximum Gasteiger partial charge on any atom is 0.310 e. The van der Waals surface area contributed by atoms with Crippen molar-refractivity contribution >= 4 is 23.6 Å². The van der Waals surface area contributed by atoms with Crippen LogP contribution >= 0.6 is 11.8 Å². The fourth-order valence-corrected chi connectivity index (χ4v) is 4.48. The van der Waals surface area contributed by atoms with Crippen LogP contribution in [0.25, 0.3) is 0 Å². The zero-order chi connectivity index (χ0) is 14.4. The standard InChI is InChI=1S/C15H25NO3S/c17-13(16-11-12-6-5-9-20-12)10-15(14(18)19)7-3-1-2-4-8-15/h12H,1-11H2,(H,16,17)(H,18,19). The molecule has 1 saturated heterocycles. The highest BCUT2D eigenvalue weighted by atomic mass is 32.2. The normalized spacial score (nSPS) is 25.9. The maximum atomic E-state index is 12.1. The van der Waals surface area contributed by atoms with Gasteiger partial charge in [-0.25, -0.2) is 0 Å². The summed E-state index contributed by atoms with van der Waals surface area (Å²) in [6, 6.07) is 0. The van der Waals surface area contributed by atoms with E-state index in [9.17, 15) is 14.7 Å². The highest BCUT2D eigenvalue weighted by Crippen LogP contribution is 2.38. The number of carbonyl (C=O) groups is 2. The maximum absolute atomic E-state index is 12.1. The largest absolute Gasteiger partial charge is 0.481 e. The molecule has 20 heavy (non-hydrogen) atoms. The molecule has 1 aliphatic carbocycles. The zero-order valence-electron chi connectivity index (χ0n) is 12.0. The van der Waals surface area contributed by atoms with Gasteiger partial charge in [0.15, 0.2) is 0 Å². The van der Waals surface area contributed by atoms with Gasteiger partial charge >= 0.3 is 5.97 Å². The molecule has 1 aliphatic heterocycles. The second-order valence-electron chi connectivity index (χ2n) is 6.12. The summed E-state index contributed by atoms with van der Waals surface area (Å²) in [5.41, 5.74) is -0.816. The molecule has 1 saturated carbocycles. The van der Waals surface area contributed by atoms with E-state index >= 15 is 0 Å². The summed E-state index contributed by atoms with van der Waals surface area (Å²) in [6.45, 7) is 0.694. The lowest BCUT2D eigenvalue weighted by molar-refractivity contribution is -0.152. The van der Waals surface area contributed by atoms with E-state index in [0.29, 0.717) is 24.6 Å². The van der Waals surface area contributed by atoms with Crippen molar-refractivity contribution in [2.75, 3.05) is 12.3 Å². The minimum atomic E-state index is -0.816. The van der Waals surface area contributed by atoms with Crippen LogP contribution in [-0.4, -0.2) is 34.5 Å². The molecule has 2 rings (SSSR count). The van der Waals surface area contributed by atoms with E-state index in [2.05, 4.69) is 5.32 Å². The van der Waals surface area contributed by atoms with Crippen LogP contribution in [0.15, 0.2) is 0 Å². The number of amides is 1. The highest BCUT2D eigenvalue weighted by Gasteiger charge is 2.40. The number of rotatable bonds is 5. The van der Waals surface area contributed by atoms with E-state index in [-0.39, 0.29) is 12.3 Å². The number of hydrogen-bond acceptors (Lipinski definition) is 3.